The first kappa shape index (κ1) is 19.7. The van der Waals surface area contributed by atoms with E-state index in [0.29, 0.717) is 17.0 Å². The molecular formula is C20H24N2O6. The molecular weight excluding hydrogens is 364 g/mol. The summed E-state index contributed by atoms with van der Waals surface area (Å²) in [6, 6.07) is 6.17. The maximum absolute atomic E-state index is 12.4. The lowest BCUT2D eigenvalue weighted by atomic mass is 10.1. The second-order valence-electron chi connectivity index (χ2n) is 7.65. The number of hydrogen-bond donors (Lipinski definition) is 1. The van der Waals surface area contributed by atoms with Gasteiger partial charge in [0.2, 0.25) is 0 Å². The number of methoxy groups -OCH3 is 1. The van der Waals surface area contributed by atoms with Crippen molar-refractivity contribution in [2.75, 3.05) is 13.7 Å². The number of benzene rings is 1. The van der Waals surface area contributed by atoms with Gasteiger partial charge in [0, 0.05) is 24.1 Å². The van der Waals surface area contributed by atoms with Gasteiger partial charge in [-0.25, -0.2) is 9.59 Å². The number of carboxylic acids is 1. The molecule has 150 valence electrons. The summed E-state index contributed by atoms with van der Waals surface area (Å²) in [5.41, 5.74) is -0.00646. The van der Waals surface area contributed by atoms with E-state index in [2.05, 4.69) is 4.98 Å². The maximum Gasteiger partial charge on any atom is 0.411 e. The zero-order chi connectivity index (χ0) is 20.5. The quantitative estimate of drug-likeness (QED) is 0.859. The second kappa shape index (κ2) is 7.53. The summed E-state index contributed by atoms with van der Waals surface area (Å²) in [5, 5.41) is 10.3. The van der Waals surface area contributed by atoms with Gasteiger partial charge in [0.1, 0.15) is 29.2 Å². The van der Waals surface area contributed by atoms with Crippen LogP contribution in [0.1, 0.15) is 27.2 Å². The topological polar surface area (TPSA) is 98.2 Å². The Kier molecular flexibility index (Phi) is 5.31. The van der Waals surface area contributed by atoms with Crippen LogP contribution in [0.25, 0.3) is 10.9 Å². The van der Waals surface area contributed by atoms with E-state index in [1.165, 1.54) is 4.90 Å². The minimum absolute atomic E-state index is 0.131. The third-order valence-corrected chi connectivity index (χ3v) is 4.38. The highest BCUT2D eigenvalue weighted by Crippen LogP contribution is 2.31. The highest BCUT2D eigenvalue weighted by molar-refractivity contribution is 5.86. The molecule has 28 heavy (non-hydrogen) atoms. The Labute approximate surface area is 163 Å². The molecule has 1 aliphatic rings. The van der Waals surface area contributed by atoms with Crippen LogP contribution in [0.2, 0.25) is 0 Å². The molecule has 3 rings (SSSR count). The van der Waals surface area contributed by atoms with Crippen molar-refractivity contribution in [1.82, 2.24) is 9.88 Å². The normalized spacial score (nSPS) is 19.5. The van der Waals surface area contributed by atoms with Gasteiger partial charge in [0.05, 0.1) is 19.2 Å². The number of aromatic nitrogens is 1. The summed E-state index contributed by atoms with van der Waals surface area (Å²) in [5.74, 6) is 0.175. The monoisotopic (exact) mass is 388 g/mol. The van der Waals surface area contributed by atoms with Crippen LogP contribution in [-0.4, -0.2) is 58.5 Å². The zero-order valence-electron chi connectivity index (χ0n) is 16.3. The number of nitrogens with zero attached hydrogens (tertiary/aromatic N) is 2. The van der Waals surface area contributed by atoms with Gasteiger partial charge in [-0.3, -0.25) is 9.88 Å². The summed E-state index contributed by atoms with van der Waals surface area (Å²) >= 11 is 0. The van der Waals surface area contributed by atoms with E-state index in [4.69, 9.17) is 14.2 Å². The molecule has 1 N–H and O–H groups in total. The van der Waals surface area contributed by atoms with Crippen molar-refractivity contribution >= 4 is 23.0 Å². The van der Waals surface area contributed by atoms with Gasteiger partial charge in [-0.15, -0.1) is 0 Å². The number of aliphatic carboxylic acids is 1. The summed E-state index contributed by atoms with van der Waals surface area (Å²) in [4.78, 5) is 29.6. The summed E-state index contributed by atoms with van der Waals surface area (Å²) in [6.07, 6.45) is 0.664. The molecule has 0 radical (unpaired) electrons. The molecule has 2 heterocycles. The Hall–Kier alpha value is -3.03. The first-order chi connectivity index (χ1) is 13.2. The molecule has 1 fully saturated rings. The van der Waals surface area contributed by atoms with Gasteiger partial charge in [0.15, 0.2) is 0 Å². The Morgan fingerprint density at radius 1 is 1.25 bits per heavy atom. The van der Waals surface area contributed by atoms with Crippen LogP contribution in [0.3, 0.4) is 0 Å². The molecule has 0 bridgehead atoms. The van der Waals surface area contributed by atoms with Gasteiger partial charge in [-0.1, -0.05) is 0 Å². The third kappa shape index (κ3) is 4.27. The van der Waals surface area contributed by atoms with E-state index in [0.717, 1.165) is 5.39 Å². The average molecular weight is 388 g/mol. The zero-order valence-corrected chi connectivity index (χ0v) is 16.3. The minimum atomic E-state index is -1.08. The summed E-state index contributed by atoms with van der Waals surface area (Å²) in [7, 11) is 1.58. The fourth-order valence-corrected chi connectivity index (χ4v) is 3.15. The van der Waals surface area contributed by atoms with Gasteiger partial charge < -0.3 is 19.3 Å². The van der Waals surface area contributed by atoms with Crippen molar-refractivity contribution in [2.24, 2.45) is 0 Å². The maximum atomic E-state index is 12.4. The molecule has 8 nitrogen and oxygen atoms in total. The van der Waals surface area contributed by atoms with E-state index in [-0.39, 0.29) is 13.0 Å². The number of ether oxygens (including phenoxy) is 3. The first-order valence-corrected chi connectivity index (χ1v) is 9.00. The number of hydrogen-bond acceptors (Lipinski definition) is 6. The molecule has 1 aromatic carbocycles. The van der Waals surface area contributed by atoms with Crippen molar-refractivity contribution < 1.29 is 28.9 Å². The van der Waals surface area contributed by atoms with Crippen LogP contribution in [0.15, 0.2) is 30.5 Å². The molecule has 1 saturated heterocycles. The Morgan fingerprint density at radius 2 is 2.00 bits per heavy atom. The summed E-state index contributed by atoms with van der Waals surface area (Å²) < 4.78 is 16.6. The smallest absolute Gasteiger partial charge is 0.411 e. The van der Waals surface area contributed by atoms with Gasteiger partial charge in [-0.05, 0) is 39.0 Å². The van der Waals surface area contributed by atoms with Crippen molar-refractivity contribution in [3.05, 3.63) is 30.5 Å². The Bertz CT molecular complexity index is 892. The van der Waals surface area contributed by atoms with Gasteiger partial charge in [-0.2, -0.15) is 0 Å². The molecule has 0 saturated carbocycles. The number of amides is 1. The number of pyridine rings is 1. The largest absolute Gasteiger partial charge is 0.497 e. The molecule has 0 spiro atoms. The highest BCUT2D eigenvalue weighted by Gasteiger charge is 2.42. The SMILES string of the molecule is COc1ccc2c(OC3C[C@@H](C(=O)O)N(C(=O)OC(C)(C)C)C3)ccnc2c1. The molecule has 8 heteroatoms. The number of fused-ring (bicyclic) bond motifs is 1. The average Bonchev–Trinajstić information content (AvgIpc) is 3.04. The van der Waals surface area contributed by atoms with Gasteiger partial charge >= 0.3 is 12.1 Å². The van der Waals surface area contributed by atoms with Gasteiger partial charge in [0.25, 0.3) is 0 Å². The molecule has 2 aromatic rings. The van der Waals surface area contributed by atoms with Crippen molar-refractivity contribution in [2.45, 2.75) is 44.9 Å². The Morgan fingerprint density at radius 3 is 2.64 bits per heavy atom. The number of carbonyl (C=O) groups excluding carboxylic acids is 1. The van der Waals surface area contributed by atoms with Crippen LogP contribution in [0.5, 0.6) is 11.5 Å². The minimum Gasteiger partial charge on any atom is -0.497 e. The fraction of sp³-hybridized carbons (Fsp3) is 0.450. The van der Waals surface area contributed by atoms with E-state index in [1.807, 2.05) is 6.07 Å². The van der Waals surface area contributed by atoms with Crippen molar-refractivity contribution in [3.8, 4) is 11.5 Å². The van der Waals surface area contributed by atoms with Crippen molar-refractivity contribution in [1.29, 1.82) is 0 Å². The summed E-state index contributed by atoms with van der Waals surface area (Å²) in [6.45, 7) is 5.35. The van der Waals surface area contributed by atoms with Crippen molar-refractivity contribution in [3.63, 3.8) is 0 Å². The van der Waals surface area contributed by atoms with Crippen LogP contribution in [-0.2, 0) is 9.53 Å². The van der Waals surface area contributed by atoms with Crippen LogP contribution in [0, 0.1) is 0 Å². The number of rotatable bonds is 4. The molecule has 1 unspecified atom stereocenters. The number of carboxylic acid groups (broad SMARTS) is 1. The van der Waals surface area contributed by atoms with Crippen LogP contribution >= 0.6 is 0 Å². The van der Waals surface area contributed by atoms with Crippen LogP contribution < -0.4 is 9.47 Å². The molecule has 2 atom stereocenters. The number of likely N-dealkylation sites (tertiary alicyclic amines) is 1. The van der Waals surface area contributed by atoms with E-state index in [1.54, 1.807) is 52.3 Å². The highest BCUT2D eigenvalue weighted by atomic mass is 16.6. The lowest BCUT2D eigenvalue weighted by molar-refractivity contribution is -0.142. The molecule has 1 aliphatic heterocycles. The standard InChI is InChI=1S/C20H24N2O6/c1-20(2,3)28-19(25)22-11-13(10-16(22)18(23)24)27-17-7-8-21-15-9-12(26-4)5-6-14(15)17/h5-9,13,16H,10-11H2,1-4H3,(H,23,24)/t13?,16-/m0/s1. The lowest BCUT2D eigenvalue weighted by Gasteiger charge is -2.26. The molecule has 0 aliphatic carbocycles. The fourth-order valence-electron chi connectivity index (χ4n) is 3.15. The number of carbonyl (C=O) groups is 2. The molecule has 1 aromatic heterocycles. The van der Waals surface area contributed by atoms with E-state index < -0.39 is 29.8 Å². The predicted octanol–water partition coefficient (Wildman–Crippen LogP) is 3.08. The predicted molar refractivity (Wildman–Crippen MR) is 102 cm³/mol. The third-order valence-electron chi connectivity index (χ3n) is 4.38. The van der Waals surface area contributed by atoms with Crippen LogP contribution in [0.4, 0.5) is 4.79 Å². The molecule has 1 amide bonds. The first-order valence-electron chi connectivity index (χ1n) is 9.00. The van der Waals surface area contributed by atoms with E-state index >= 15 is 0 Å². The lowest BCUT2D eigenvalue weighted by Crippen LogP contribution is -2.43. The van der Waals surface area contributed by atoms with E-state index in [9.17, 15) is 14.7 Å². The Balaban J connectivity index is 1.81. The second-order valence-corrected chi connectivity index (χ2v) is 7.65.